The quantitative estimate of drug-likeness (QED) is 0.783. The van der Waals surface area contributed by atoms with E-state index in [1.165, 1.54) is 0 Å². The number of hydrogen-bond acceptors (Lipinski definition) is 3. The number of pyridine rings is 1. The minimum Gasteiger partial charge on any atom is -0.383 e. The highest BCUT2D eigenvalue weighted by molar-refractivity contribution is 6.35. The van der Waals surface area contributed by atoms with Crippen molar-refractivity contribution in [3.63, 3.8) is 0 Å². The monoisotopic (exact) mass is 365 g/mol. The van der Waals surface area contributed by atoms with Crippen LogP contribution in [0.2, 0.25) is 10.0 Å². The van der Waals surface area contributed by atoms with Crippen LogP contribution in [0, 0.1) is 0 Å². The Morgan fingerprint density at radius 2 is 1.92 bits per heavy atom. The third-order valence-electron chi connectivity index (χ3n) is 3.77. The predicted octanol–water partition coefficient (Wildman–Crippen LogP) is 4.53. The summed E-state index contributed by atoms with van der Waals surface area (Å²) in [5.41, 5.74) is 2.43. The Labute approximate surface area is 152 Å². The first-order chi connectivity index (χ1) is 11.5. The van der Waals surface area contributed by atoms with E-state index in [9.17, 15) is 4.79 Å². The largest absolute Gasteiger partial charge is 0.383 e. The predicted molar refractivity (Wildman–Crippen MR) is 100 cm³/mol. The van der Waals surface area contributed by atoms with Gasteiger partial charge in [0.2, 0.25) is 0 Å². The van der Waals surface area contributed by atoms with Gasteiger partial charge in [-0.15, -0.1) is 0 Å². The zero-order valence-corrected chi connectivity index (χ0v) is 15.4. The fourth-order valence-electron chi connectivity index (χ4n) is 2.41. The number of carbonyl (C=O) groups is 1. The average Bonchev–Trinajstić information content (AvgIpc) is 2.58. The van der Waals surface area contributed by atoms with Gasteiger partial charge in [0.15, 0.2) is 0 Å². The van der Waals surface area contributed by atoms with E-state index in [-0.39, 0.29) is 5.91 Å². The highest BCUT2D eigenvalue weighted by Crippen LogP contribution is 2.21. The molecule has 128 valence electrons. The summed E-state index contributed by atoms with van der Waals surface area (Å²) in [5, 5.41) is 4.57. The second-order valence-corrected chi connectivity index (χ2v) is 6.20. The van der Waals surface area contributed by atoms with E-state index in [4.69, 9.17) is 23.2 Å². The van der Waals surface area contributed by atoms with Gasteiger partial charge < -0.3 is 10.2 Å². The Balaban J connectivity index is 1.98. The molecule has 0 fully saturated rings. The normalized spacial score (nSPS) is 10.5. The van der Waals surface area contributed by atoms with Crippen LogP contribution in [0.5, 0.6) is 0 Å². The van der Waals surface area contributed by atoms with E-state index in [2.05, 4.69) is 10.3 Å². The van der Waals surface area contributed by atoms with Crippen molar-refractivity contribution in [2.75, 3.05) is 25.0 Å². The van der Waals surface area contributed by atoms with E-state index in [0.29, 0.717) is 35.2 Å². The Morgan fingerprint density at radius 3 is 2.58 bits per heavy atom. The maximum absolute atomic E-state index is 12.4. The average molecular weight is 366 g/mol. The first kappa shape index (κ1) is 18.6. The molecule has 2 aromatic rings. The zero-order valence-electron chi connectivity index (χ0n) is 13.9. The number of nitrogens with one attached hydrogen (secondary N) is 1. The molecule has 1 N–H and O–H groups in total. The third-order valence-corrected chi connectivity index (χ3v) is 4.36. The number of aromatic nitrogens is 1. The van der Waals surface area contributed by atoms with Crippen molar-refractivity contribution in [1.29, 1.82) is 0 Å². The Hall–Kier alpha value is -1.78. The molecule has 0 atom stereocenters. The van der Waals surface area contributed by atoms with Gasteiger partial charge in [-0.1, -0.05) is 29.3 Å². The SMILES string of the molecule is CCN(CC)C(=O)c1cncc(NCCc2ccc(Cl)cc2Cl)c1. The summed E-state index contributed by atoms with van der Waals surface area (Å²) in [6.07, 6.45) is 4.06. The van der Waals surface area contributed by atoms with Crippen LogP contribution < -0.4 is 5.32 Å². The molecule has 1 aromatic heterocycles. The minimum absolute atomic E-state index is 0.00287. The third kappa shape index (κ3) is 4.86. The van der Waals surface area contributed by atoms with Crippen molar-refractivity contribution in [3.05, 3.63) is 57.8 Å². The summed E-state index contributed by atoms with van der Waals surface area (Å²) < 4.78 is 0. The Kier molecular flexibility index (Phi) is 6.88. The van der Waals surface area contributed by atoms with Crippen molar-refractivity contribution in [2.24, 2.45) is 0 Å². The van der Waals surface area contributed by atoms with E-state index in [0.717, 1.165) is 17.7 Å². The van der Waals surface area contributed by atoms with Crippen LogP contribution in [0.4, 0.5) is 5.69 Å². The molecule has 0 bridgehead atoms. The molecule has 0 saturated carbocycles. The fraction of sp³-hybridized carbons (Fsp3) is 0.333. The standard InChI is InChI=1S/C18H21Cl2N3O/c1-3-23(4-2)18(24)14-9-16(12-21-11-14)22-8-7-13-5-6-15(19)10-17(13)20/h5-6,9-12,22H,3-4,7-8H2,1-2H3. The number of halogens is 2. The second kappa shape index (κ2) is 8.90. The van der Waals surface area contributed by atoms with Gasteiger partial charge in [-0.25, -0.2) is 0 Å². The topological polar surface area (TPSA) is 45.2 Å². The molecule has 1 heterocycles. The molecule has 0 spiro atoms. The number of nitrogens with zero attached hydrogens (tertiary/aromatic N) is 2. The summed E-state index contributed by atoms with van der Waals surface area (Å²) in [4.78, 5) is 18.3. The highest BCUT2D eigenvalue weighted by atomic mass is 35.5. The van der Waals surface area contributed by atoms with Crippen molar-refractivity contribution >= 4 is 34.8 Å². The molecule has 0 radical (unpaired) electrons. The summed E-state index contributed by atoms with van der Waals surface area (Å²) in [7, 11) is 0. The summed E-state index contributed by atoms with van der Waals surface area (Å²) in [6.45, 7) is 5.98. The van der Waals surface area contributed by atoms with Gasteiger partial charge in [0, 0.05) is 42.1 Å². The Bertz CT molecular complexity index is 702. The van der Waals surface area contributed by atoms with Crippen molar-refractivity contribution < 1.29 is 4.79 Å². The molecule has 2 rings (SSSR count). The lowest BCUT2D eigenvalue weighted by Crippen LogP contribution is -2.30. The van der Waals surface area contributed by atoms with Crippen molar-refractivity contribution in [1.82, 2.24) is 9.88 Å². The molecule has 0 aliphatic heterocycles. The van der Waals surface area contributed by atoms with Gasteiger partial charge in [0.25, 0.3) is 5.91 Å². The van der Waals surface area contributed by atoms with Crippen LogP contribution in [-0.2, 0) is 6.42 Å². The van der Waals surface area contributed by atoms with Crippen LogP contribution in [0.3, 0.4) is 0 Å². The summed E-state index contributed by atoms with van der Waals surface area (Å²) in [5.74, 6) is -0.00287. The van der Waals surface area contributed by atoms with Crippen LogP contribution >= 0.6 is 23.2 Å². The Morgan fingerprint density at radius 1 is 1.17 bits per heavy atom. The maximum Gasteiger partial charge on any atom is 0.255 e. The number of amides is 1. The highest BCUT2D eigenvalue weighted by Gasteiger charge is 2.13. The zero-order chi connectivity index (χ0) is 17.5. The van der Waals surface area contributed by atoms with Gasteiger partial charge in [0.1, 0.15) is 0 Å². The van der Waals surface area contributed by atoms with Gasteiger partial charge in [-0.2, -0.15) is 0 Å². The molecule has 0 aliphatic rings. The van der Waals surface area contributed by atoms with Crippen LogP contribution in [0.15, 0.2) is 36.7 Å². The lowest BCUT2D eigenvalue weighted by atomic mass is 10.1. The molecule has 4 nitrogen and oxygen atoms in total. The maximum atomic E-state index is 12.4. The first-order valence-electron chi connectivity index (χ1n) is 7.97. The molecule has 1 amide bonds. The summed E-state index contributed by atoms with van der Waals surface area (Å²) in [6, 6.07) is 7.32. The lowest BCUT2D eigenvalue weighted by Gasteiger charge is -2.18. The van der Waals surface area contributed by atoms with Gasteiger partial charge in [-0.3, -0.25) is 9.78 Å². The molecule has 6 heteroatoms. The number of anilines is 1. The van der Waals surface area contributed by atoms with Crippen molar-refractivity contribution in [3.8, 4) is 0 Å². The number of hydrogen-bond donors (Lipinski definition) is 1. The van der Waals surface area contributed by atoms with Gasteiger partial charge in [-0.05, 0) is 44.0 Å². The fourth-order valence-corrected chi connectivity index (χ4v) is 2.92. The molecule has 0 unspecified atom stereocenters. The smallest absolute Gasteiger partial charge is 0.255 e. The lowest BCUT2D eigenvalue weighted by molar-refractivity contribution is 0.0772. The first-order valence-corrected chi connectivity index (χ1v) is 8.72. The number of carbonyl (C=O) groups excluding carboxylic acids is 1. The molecule has 1 aromatic carbocycles. The van der Waals surface area contributed by atoms with Crippen molar-refractivity contribution in [2.45, 2.75) is 20.3 Å². The van der Waals surface area contributed by atoms with Crippen LogP contribution in [-0.4, -0.2) is 35.4 Å². The molecular weight excluding hydrogens is 345 g/mol. The molecule has 0 aliphatic carbocycles. The van der Waals surface area contributed by atoms with E-state index < -0.39 is 0 Å². The summed E-state index contributed by atoms with van der Waals surface area (Å²) >= 11 is 12.1. The number of rotatable bonds is 7. The van der Waals surface area contributed by atoms with E-state index in [1.807, 2.05) is 32.0 Å². The van der Waals surface area contributed by atoms with E-state index >= 15 is 0 Å². The van der Waals surface area contributed by atoms with Crippen LogP contribution in [0.25, 0.3) is 0 Å². The van der Waals surface area contributed by atoms with Gasteiger partial charge in [0.05, 0.1) is 11.3 Å². The minimum atomic E-state index is -0.00287. The van der Waals surface area contributed by atoms with Gasteiger partial charge >= 0.3 is 0 Å². The van der Waals surface area contributed by atoms with Crippen LogP contribution in [0.1, 0.15) is 29.8 Å². The number of benzene rings is 1. The van der Waals surface area contributed by atoms with E-state index in [1.54, 1.807) is 23.4 Å². The molecule has 24 heavy (non-hydrogen) atoms. The molecular formula is C18H21Cl2N3O. The second-order valence-electron chi connectivity index (χ2n) is 5.35. The molecule has 0 saturated heterocycles.